The van der Waals surface area contributed by atoms with Gasteiger partial charge < -0.3 is 10.7 Å². The second kappa shape index (κ2) is 7.75. The number of hydrogen-bond acceptors (Lipinski definition) is 7. The number of pyridine rings is 1. The highest BCUT2D eigenvalue weighted by molar-refractivity contribution is 5.59. The van der Waals surface area contributed by atoms with E-state index in [0.717, 1.165) is 6.54 Å². The highest BCUT2D eigenvalue weighted by Gasteiger charge is 2.17. The monoisotopic (exact) mass is 296 g/mol. The van der Waals surface area contributed by atoms with Gasteiger partial charge >= 0.3 is 5.69 Å². The van der Waals surface area contributed by atoms with Crippen LogP contribution in [0, 0.1) is 10.1 Å². The van der Waals surface area contributed by atoms with Crippen molar-refractivity contribution in [3.8, 4) is 0 Å². The third kappa shape index (κ3) is 4.83. The third-order valence-electron chi connectivity index (χ3n) is 3.21. The molecule has 0 amide bonds. The molecule has 1 rings (SSSR count). The van der Waals surface area contributed by atoms with Crippen LogP contribution in [-0.2, 0) is 0 Å². The summed E-state index contributed by atoms with van der Waals surface area (Å²) in [4.78, 5) is 16.9. The number of nitrogens with two attached hydrogens (primary N) is 1. The number of nitro groups is 1. The number of nitrogens with one attached hydrogen (secondary N) is 2. The molecule has 0 atom stereocenters. The molecule has 4 N–H and O–H groups in total. The number of anilines is 2. The Morgan fingerprint density at radius 1 is 1.33 bits per heavy atom. The molecule has 118 valence electrons. The molecule has 0 aliphatic heterocycles. The van der Waals surface area contributed by atoms with E-state index in [-0.39, 0.29) is 11.5 Å². The fourth-order valence-electron chi connectivity index (χ4n) is 2.23. The van der Waals surface area contributed by atoms with E-state index in [2.05, 4.69) is 48.3 Å². The molecule has 8 nitrogen and oxygen atoms in total. The van der Waals surface area contributed by atoms with E-state index in [9.17, 15) is 10.1 Å². The highest BCUT2D eigenvalue weighted by atomic mass is 16.6. The molecule has 0 aliphatic carbocycles. The van der Waals surface area contributed by atoms with Crippen LogP contribution in [0.25, 0.3) is 0 Å². The van der Waals surface area contributed by atoms with Gasteiger partial charge in [0.2, 0.25) is 5.82 Å². The van der Waals surface area contributed by atoms with Crippen molar-refractivity contribution >= 4 is 17.3 Å². The van der Waals surface area contributed by atoms with Crippen LogP contribution < -0.4 is 16.6 Å². The van der Waals surface area contributed by atoms with Gasteiger partial charge in [-0.2, -0.15) is 0 Å². The Hall–Kier alpha value is -1.93. The minimum atomic E-state index is -0.460. The molecular weight excluding hydrogens is 272 g/mol. The predicted molar refractivity (Wildman–Crippen MR) is 84.2 cm³/mol. The fraction of sp³-hybridized carbons (Fsp3) is 0.615. The maximum atomic E-state index is 11.0. The Morgan fingerprint density at radius 2 is 1.95 bits per heavy atom. The van der Waals surface area contributed by atoms with Crippen LogP contribution in [0.1, 0.15) is 27.7 Å². The van der Waals surface area contributed by atoms with Crippen LogP contribution in [0.3, 0.4) is 0 Å². The Labute approximate surface area is 124 Å². The molecule has 0 saturated heterocycles. The van der Waals surface area contributed by atoms with Gasteiger partial charge in [-0.05, 0) is 33.8 Å². The minimum absolute atomic E-state index is 0.0605. The summed E-state index contributed by atoms with van der Waals surface area (Å²) in [6, 6.07) is 3.67. The van der Waals surface area contributed by atoms with Crippen LogP contribution in [0.15, 0.2) is 12.1 Å². The summed E-state index contributed by atoms with van der Waals surface area (Å²) in [5.41, 5.74) is 2.32. The van der Waals surface area contributed by atoms with E-state index in [1.807, 2.05) is 0 Å². The molecule has 0 spiro atoms. The summed E-state index contributed by atoms with van der Waals surface area (Å²) in [5.74, 6) is 5.89. The molecule has 1 aromatic rings. The van der Waals surface area contributed by atoms with Gasteiger partial charge in [-0.3, -0.25) is 15.0 Å². The lowest BCUT2D eigenvalue weighted by Gasteiger charge is -2.30. The van der Waals surface area contributed by atoms with E-state index < -0.39 is 4.92 Å². The Kier molecular flexibility index (Phi) is 6.32. The van der Waals surface area contributed by atoms with Crippen LogP contribution in [0.5, 0.6) is 0 Å². The van der Waals surface area contributed by atoms with Gasteiger partial charge in [-0.25, -0.2) is 10.8 Å². The number of hydrogen-bond donors (Lipinski definition) is 3. The minimum Gasteiger partial charge on any atom is -0.363 e. The zero-order valence-corrected chi connectivity index (χ0v) is 13.0. The lowest BCUT2D eigenvalue weighted by atomic mass is 10.2. The zero-order chi connectivity index (χ0) is 16.0. The van der Waals surface area contributed by atoms with E-state index in [1.165, 1.54) is 12.1 Å². The first kappa shape index (κ1) is 17.1. The zero-order valence-electron chi connectivity index (χ0n) is 13.0. The number of hydrazine groups is 1. The number of nitrogens with zero attached hydrogens (tertiary/aromatic N) is 3. The fourth-order valence-corrected chi connectivity index (χ4v) is 2.23. The third-order valence-corrected chi connectivity index (χ3v) is 3.21. The Morgan fingerprint density at radius 3 is 2.43 bits per heavy atom. The van der Waals surface area contributed by atoms with Crippen LogP contribution >= 0.6 is 0 Å². The lowest BCUT2D eigenvalue weighted by molar-refractivity contribution is -0.384. The Bertz CT molecular complexity index is 470. The quantitative estimate of drug-likeness (QED) is 0.381. The van der Waals surface area contributed by atoms with Gasteiger partial charge in [0, 0.05) is 31.2 Å². The summed E-state index contributed by atoms with van der Waals surface area (Å²) in [7, 11) is 0. The second-order valence-electron chi connectivity index (χ2n) is 5.32. The van der Waals surface area contributed by atoms with Gasteiger partial charge in [0.1, 0.15) is 5.82 Å². The van der Waals surface area contributed by atoms with Crippen molar-refractivity contribution in [2.45, 2.75) is 39.8 Å². The summed E-state index contributed by atoms with van der Waals surface area (Å²) < 4.78 is 0. The molecule has 0 aliphatic rings. The first-order chi connectivity index (χ1) is 9.86. The van der Waals surface area contributed by atoms with Crippen molar-refractivity contribution in [1.82, 2.24) is 9.88 Å². The molecular formula is C13H24N6O2. The van der Waals surface area contributed by atoms with Gasteiger partial charge in [0.15, 0.2) is 0 Å². The SMILES string of the molecule is CC(C)N(CCNc1nc(NN)ccc1[N+](=O)[O-])C(C)C. The normalized spacial score (nSPS) is 11.2. The molecule has 0 unspecified atom stereocenters. The summed E-state index contributed by atoms with van der Waals surface area (Å²) >= 11 is 0. The molecule has 0 radical (unpaired) electrons. The Balaban J connectivity index is 2.75. The van der Waals surface area contributed by atoms with E-state index >= 15 is 0 Å². The van der Waals surface area contributed by atoms with E-state index in [1.54, 1.807) is 0 Å². The standard InChI is InChI=1S/C13H24N6O2/c1-9(2)18(10(3)4)8-7-15-13-11(19(20)21)5-6-12(16-13)17-14/h5-6,9-10H,7-8,14H2,1-4H3,(H2,15,16,17). The van der Waals surface area contributed by atoms with Crippen molar-refractivity contribution in [3.63, 3.8) is 0 Å². The molecule has 0 aromatic carbocycles. The van der Waals surface area contributed by atoms with Crippen LogP contribution in [0.2, 0.25) is 0 Å². The largest absolute Gasteiger partial charge is 0.363 e. The number of rotatable bonds is 8. The van der Waals surface area contributed by atoms with Gasteiger partial charge in [-0.15, -0.1) is 0 Å². The topological polar surface area (TPSA) is 109 Å². The average molecular weight is 296 g/mol. The second-order valence-corrected chi connectivity index (χ2v) is 5.32. The molecule has 0 saturated carbocycles. The molecule has 21 heavy (non-hydrogen) atoms. The summed E-state index contributed by atoms with van der Waals surface area (Å²) in [5, 5.41) is 14.0. The molecule has 0 fully saturated rings. The van der Waals surface area contributed by atoms with Crippen molar-refractivity contribution in [3.05, 3.63) is 22.2 Å². The predicted octanol–water partition coefficient (Wildman–Crippen LogP) is 1.81. The molecule has 8 heteroatoms. The van der Waals surface area contributed by atoms with Crippen molar-refractivity contribution in [2.24, 2.45) is 5.84 Å². The molecule has 1 aromatic heterocycles. The van der Waals surface area contributed by atoms with Crippen molar-refractivity contribution in [2.75, 3.05) is 23.8 Å². The van der Waals surface area contributed by atoms with Crippen molar-refractivity contribution in [1.29, 1.82) is 0 Å². The first-order valence-electron chi connectivity index (χ1n) is 6.98. The highest BCUT2D eigenvalue weighted by Crippen LogP contribution is 2.23. The summed E-state index contributed by atoms with van der Waals surface area (Å²) in [6.07, 6.45) is 0. The smallest absolute Gasteiger partial charge is 0.311 e. The van der Waals surface area contributed by atoms with Crippen LogP contribution in [0.4, 0.5) is 17.3 Å². The van der Waals surface area contributed by atoms with E-state index in [4.69, 9.17) is 5.84 Å². The maximum Gasteiger partial charge on any atom is 0.311 e. The average Bonchev–Trinajstić information content (AvgIpc) is 2.42. The van der Waals surface area contributed by atoms with E-state index in [0.29, 0.717) is 24.4 Å². The maximum absolute atomic E-state index is 11.0. The lowest BCUT2D eigenvalue weighted by Crippen LogP contribution is -2.40. The van der Waals surface area contributed by atoms with Gasteiger partial charge in [0.05, 0.1) is 4.92 Å². The first-order valence-corrected chi connectivity index (χ1v) is 6.98. The molecule has 0 bridgehead atoms. The van der Waals surface area contributed by atoms with Gasteiger partial charge in [-0.1, -0.05) is 0 Å². The molecule has 1 heterocycles. The summed E-state index contributed by atoms with van der Waals surface area (Å²) in [6.45, 7) is 9.84. The van der Waals surface area contributed by atoms with Crippen LogP contribution in [-0.4, -0.2) is 40.0 Å². The van der Waals surface area contributed by atoms with Gasteiger partial charge in [0.25, 0.3) is 0 Å². The van der Waals surface area contributed by atoms with Crippen molar-refractivity contribution < 1.29 is 4.92 Å². The number of aromatic nitrogens is 1. The number of nitrogen functional groups attached to an aromatic ring is 1.